The number of hydrogen-bond acceptors (Lipinski definition) is 4. The third kappa shape index (κ3) is 4.31. The fraction of sp³-hybridized carbons (Fsp3) is 0.190. The van der Waals surface area contributed by atoms with Gasteiger partial charge in [-0.1, -0.05) is 32.0 Å². The average molecular weight is 383 g/mol. The summed E-state index contributed by atoms with van der Waals surface area (Å²) in [5, 5.41) is 20.2. The van der Waals surface area contributed by atoms with Crippen molar-refractivity contribution < 1.29 is 18.7 Å². The molecular formula is C21H19F2N3O2. The molecule has 0 radical (unpaired) electrons. The maximum Gasteiger partial charge on any atom is 0.338 e. The number of nitrogens with one attached hydrogen (secondary N) is 1. The van der Waals surface area contributed by atoms with E-state index in [1.807, 2.05) is 13.8 Å². The number of halogens is 2. The lowest BCUT2D eigenvalue weighted by Gasteiger charge is -2.25. The molecule has 1 aromatic heterocycles. The van der Waals surface area contributed by atoms with Crippen LogP contribution in [0, 0.1) is 11.6 Å². The second-order valence-corrected chi connectivity index (χ2v) is 7.05. The molecule has 0 amide bonds. The van der Waals surface area contributed by atoms with Crippen molar-refractivity contribution in [3.8, 4) is 11.3 Å². The zero-order valence-electron chi connectivity index (χ0n) is 15.4. The molecule has 0 aliphatic heterocycles. The minimum Gasteiger partial charge on any atom is -0.478 e. The highest BCUT2D eigenvalue weighted by Gasteiger charge is 2.20. The number of benzene rings is 2. The summed E-state index contributed by atoms with van der Waals surface area (Å²) in [7, 11) is 0. The van der Waals surface area contributed by atoms with Crippen molar-refractivity contribution in [2.75, 3.05) is 11.9 Å². The molecule has 5 nitrogen and oxygen atoms in total. The summed E-state index contributed by atoms with van der Waals surface area (Å²) in [6.07, 6.45) is 0. The first-order valence-electron chi connectivity index (χ1n) is 8.63. The molecule has 0 unspecified atom stereocenters. The van der Waals surface area contributed by atoms with Gasteiger partial charge in [0, 0.05) is 17.5 Å². The van der Waals surface area contributed by atoms with Crippen LogP contribution in [-0.4, -0.2) is 27.8 Å². The van der Waals surface area contributed by atoms with Gasteiger partial charge in [-0.2, -0.15) is 0 Å². The molecule has 0 saturated heterocycles. The molecular weight excluding hydrogens is 364 g/mol. The largest absolute Gasteiger partial charge is 0.478 e. The van der Waals surface area contributed by atoms with E-state index in [-0.39, 0.29) is 11.2 Å². The van der Waals surface area contributed by atoms with Crippen molar-refractivity contribution in [2.45, 2.75) is 19.3 Å². The predicted octanol–water partition coefficient (Wildman–Crippen LogP) is 4.51. The van der Waals surface area contributed by atoms with Crippen LogP contribution in [-0.2, 0) is 5.41 Å². The molecule has 0 aliphatic carbocycles. The number of aromatic nitrogens is 2. The Morgan fingerprint density at radius 1 is 1.04 bits per heavy atom. The zero-order valence-corrected chi connectivity index (χ0v) is 15.4. The van der Waals surface area contributed by atoms with Gasteiger partial charge in [0.15, 0.2) is 0 Å². The van der Waals surface area contributed by atoms with Crippen LogP contribution in [0.5, 0.6) is 0 Å². The molecule has 0 spiro atoms. The van der Waals surface area contributed by atoms with Gasteiger partial charge >= 0.3 is 5.97 Å². The molecule has 0 fully saturated rings. The van der Waals surface area contributed by atoms with E-state index in [1.54, 1.807) is 24.3 Å². The van der Waals surface area contributed by atoms with Gasteiger partial charge < -0.3 is 10.4 Å². The van der Waals surface area contributed by atoms with Gasteiger partial charge in [0.05, 0.1) is 11.3 Å². The summed E-state index contributed by atoms with van der Waals surface area (Å²) in [4.78, 5) is 10.9. The fourth-order valence-electron chi connectivity index (χ4n) is 2.74. The van der Waals surface area contributed by atoms with Gasteiger partial charge in [-0.25, -0.2) is 13.6 Å². The van der Waals surface area contributed by atoms with Gasteiger partial charge in [-0.05, 0) is 42.0 Å². The lowest BCUT2D eigenvalue weighted by Crippen LogP contribution is -2.28. The minimum atomic E-state index is -1.32. The number of nitrogens with zero attached hydrogens (tertiary/aromatic N) is 2. The van der Waals surface area contributed by atoms with Gasteiger partial charge in [-0.3, -0.25) is 0 Å². The highest BCUT2D eigenvalue weighted by atomic mass is 19.1. The van der Waals surface area contributed by atoms with Crippen molar-refractivity contribution in [3.05, 3.63) is 77.4 Å². The lowest BCUT2D eigenvalue weighted by molar-refractivity contribution is 0.0692. The zero-order chi connectivity index (χ0) is 20.3. The van der Waals surface area contributed by atoms with E-state index in [0.717, 1.165) is 11.6 Å². The molecule has 0 saturated carbocycles. The summed E-state index contributed by atoms with van der Waals surface area (Å²) in [6.45, 7) is 4.61. The van der Waals surface area contributed by atoms with Crippen LogP contribution >= 0.6 is 0 Å². The van der Waals surface area contributed by atoms with Gasteiger partial charge in [0.1, 0.15) is 17.5 Å². The number of rotatable bonds is 6. The van der Waals surface area contributed by atoms with E-state index >= 15 is 0 Å². The summed E-state index contributed by atoms with van der Waals surface area (Å²) in [5.41, 5.74) is 1.20. The Morgan fingerprint density at radius 2 is 1.75 bits per heavy atom. The first-order chi connectivity index (χ1) is 13.3. The Morgan fingerprint density at radius 3 is 2.32 bits per heavy atom. The number of carboxylic acids is 1. The standard InChI is InChI=1S/C21H19F2N3O2/c1-21(2,14-4-6-15(22)7-5-14)12-24-19-10-9-18(25-26-19)13-3-8-16(20(27)28)17(23)11-13/h3-11H,12H2,1-2H3,(H,24,26)(H,27,28). The minimum absolute atomic E-state index is 0.260. The van der Waals surface area contributed by atoms with E-state index in [0.29, 0.717) is 23.6 Å². The lowest BCUT2D eigenvalue weighted by atomic mass is 9.84. The Hall–Kier alpha value is -3.35. The predicted molar refractivity (Wildman–Crippen MR) is 102 cm³/mol. The quantitative estimate of drug-likeness (QED) is 0.655. The third-order valence-corrected chi connectivity index (χ3v) is 4.50. The van der Waals surface area contributed by atoms with Crippen LogP contribution in [0.2, 0.25) is 0 Å². The van der Waals surface area contributed by atoms with E-state index in [9.17, 15) is 13.6 Å². The number of carboxylic acid groups (broad SMARTS) is 1. The van der Waals surface area contributed by atoms with Crippen molar-refractivity contribution in [2.24, 2.45) is 0 Å². The van der Waals surface area contributed by atoms with Crippen LogP contribution in [0.25, 0.3) is 11.3 Å². The molecule has 3 rings (SSSR count). The van der Waals surface area contributed by atoms with Gasteiger partial charge in [-0.15, -0.1) is 10.2 Å². The van der Waals surface area contributed by atoms with Crippen LogP contribution < -0.4 is 5.32 Å². The van der Waals surface area contributed by atoms with Crippen molar-refractivity contribution in [1.29, 1.82) is 0 Å². The first-order valence-corrected chi connectivity index (χ1v) is 8.63. The average Bonchev–Trinajstić information content (AvgIpc) is 2.67. The molecule has 2 N–H and O–H groups in total. The normalized spacial score (nSPS) is 11.3. The van der Waals surface area contributed by atoms with Gasteiger partial charge in [0.25, 0.3) is 0 Å². The monoisotopic (exact) mass is 383 g/mol. The van der Waals surface area contributed by atoms with Crippen molar-refractivity contribution in [3.63, 3.8) is 0 Å². The van der Waals surface area contributed by atoms with E-state index in [2.05, 4.69) is 15.5 Å². The Balaban J connectivity index is 1.70. The second kappa shape index (κ2) is 7.72. The molecule has 3 aromatic rings. The van der Waals surface area contributed by atoms with Crippen LogP contribution in [0.4, 0.5) is 14.6 Å². The summed E-state index contributed by atoms with van der Waals surface area (Å²) in [6, 6.07) is 13.6. The van der Waals surface area contributed by atoms with Crippen LogP contribution in [0.1, 0.15) is 29.8 Å². The summed E-state index contributed by atoms with van der Waals surface area (Å²) in [5.74, 6) is -1.88. The number of anilines is 1. The van der Waals surface area contributed by atoms with E-state index in [4.69, 9.17) is 5.11 Å². The Labute approximate surface area is 161 Å². The highest BCUT2D eigenvalue weighted by Crippen LogP contribution is 2.24. The topological polar surface area (TPSA) is 75.1 Å². The Bertz CT molecular complexity index is 988. The number of carbonyl (C=O) groups is 1. The van der Waals surface area contributed by atoms with Crippen LogP contribution in [0.3, 0.4) is 0 Å². The second-order valence-electron chi connectivity index (χ2n) is 7.05. The molecule has 7 heteroatoms. The van der Waals surface area contributed by atoms with Crippen molar-refractivity contribution in [1.82, 2.24) is 10.2 Å². The molecule has 0 aliphatic rings. The Kier molecular flexibility index (Phi) is 5.35. The SMILES string of the molecule is CC(C)(CNc1ccc(-c2ccc(C(=O)O)c(F)c2)nn1)c1ccc(F)cc1. The molecule has 0 bridgehead atoms. The van der Waals surface area contributed by atoms with Gasteiger partial charge in [0.2, 0.25) is 0 Å². The molecule has 0 atom stereocenters. The van der Waals surface area contributed by atoms with E-state index in [1.165, 1.54) is 24.3 Å². The molecule has 28 heavy (non-hydrogen) atoms. The smallest absolute Gasteiger partial charge is 0.338 e. The summed E-state index contributed by atoms with van der Waals surface area (Å²) >= 11 is 0. The number of aromatic carboxylic acids is 1. The number of hydrogen-bond donors (Lipinski definition) is 2. The summed E-state index contributed by atoms with van der Waals surface area (Å²) < 4.78 is 26.9. The molecule has 2 aromatic carbocycles. The highest BCUT2D eigenvalue weighted by molar-refractivity contribution is 5.88. The maximum absolute atomic E-state index is 13.8. The molecule has 144 valence electrons. The maximum atomic E-state index is 13.8. The molecule has 1 heterocycles. The third-order valence-electron chi connectivity index (χ3n) is 4.50. The fourth-order valence-corrected chi connectivity index (χ4v) is 2.74. The van der Waals surface area contributed by atoms with Crippen molar-refractivity contribution >= 4 is 11.8 Å². The van der Waals surface area contributed by atoms with E-state index < -0.39 is 17.3 Å². The first kappa shape index (κ1) is 19.4. The van der Waals surface area contributed by atoms with Crippen LogP contribution in [0.15, 0.2) is 54.6 Å².